The van der Waals surface area contributed by atoms with Crippen LogP contribution in [0.1, 0.15) is 6.42 Å². The van der Waals surface area contributed by atoms with E-state index in [1.54, 1.807) is 7.11 Å². The number of fused-ring (bicyclic) bond motifs is 2. The molecule has 4 heteroatoms. The molecule has 0 atom stereocenters. The van der Waals surface area contributed by atoms with Crippen molar-refractivity contribution in [1.82, 2.24) is 0 Å². The van der Waals surface area contributed by atoms with Crippen molar-refractivity contribution in [2.45, 2.75) is 6.42 Å². The first-order valence-electron chi connectivity index (χ1n) is 5.62. The molecule has 90 valence electrons. The summed E-state index contributed by atoms with van der Waals surface area (Å²) in [7, 11) is 1.68. The van der Waals surface area contributed by atoms with Crippen LogP contribution < -0.4 is 15.3 Å². The number of allylic oxidation sites excluding steroid dienone is 3. The maximum Gasteiger partial charge on any atom is 0.128 e. The zero-order valence-electron chi connectivity index (χ0n) is 9.84. The van der Waals surface area contributed by atoms with Crippen LogP contribution in [0, 0.1) is 0 Å². The van der Waals surface area contributed by atoms with Crippen LogP contribution in [-0.2, 0) is 0 Å². The molecule has 0 N–H and O–H groups in total. The molecule has 0 fully saturated rings. The Labute approximate surface area is 115 Å². The van der Waals surface area contributed by atoms with Crippen LogP contribution in [0.2, 0.25) is 0 Å². The second-order valence-corrected chi connectivity index (χ2v) is 5.15. The predicted molar refractivity (Wildman–Crippen MR) is 79.2 cm³/mol. The lowest BCUT2D eigenvalue weighted by atomic mass is 9.93. The Balaban J connectivity index is 2.50. The van der Waals surface area contributed by atoms with Crippen molar-refractivity contribution >= 4 is 34.6 Å². The molecule has 1 aliphatic carbocycles. The van der Waals surface area contributed by atoms with Gasteiger partial charge in [0.25, 0.3) is 0 Å². The van der Waals surface area contributed by atoms with Crippen molar-refractivity contribution < 1.29 is 4.74 Å². The normalized spacial score (nSPS) is 17.3. The fourth-order valence-corrected chi connectivity index (χ4v) is 3.12. The number of methoxy groups -OCH3 is 1. The van der Waals surface area contributed by atoms with Crippen molar-refractivity contribution in [2.24, 2.45) is 4.40 Å². The first-order valence-corrected chi connectivity index (χ1v) is 6.87. The van der Waals surface area contributed by atoms with Crippen molar-refractivity contribution in [3.05, 3.63) is 51.9 Å². The summed E-state index contributed by atoms with van der Waals surface area (Å²) in [6, 6.07) is 5.90. The van der Waals surface area contributed by atoms with E-state index in [9.17, 15) is 0 Å². The molecule has 1 aliphatic heterocycles. The standard InChI is InChI=1S/C14H11NOS2/c1-16-11-6-3-5-10-14(11)13-9(8-18-15-10)4-2-7-12(13)17/h2-6,8H,7H2,1H3. The van der Waals surface area contributed by atoms with Crippen molar-refractivity contribution in [3.8, 4) is 5.75 Å². The fourth-order valence-electron chi connectivity index (χ4n) is 2.18. The average molecular weight is 273 g/mol. The van der Waals surface area contributed by atoms with Crippen LogP contribution in [0.4, 0.5) is 0 Å². The Kier molecular flexibility index (Phi) is 3.06. The molecule has 2 nitrogen and oxygen atoms in total. The number of ether oxygens (including phenoxy) is 1. The minimum atomic E-state index is 0.810. The van der Waals surface area contributed by atoms with Gasteiger partial charge in [-0.15, -0.1) is 0 Å². The molecule has 0 unspecified atom stereocenters. The van der Waals surface area contributed by atoms with E-state index in [0.717, 1.165) is 38.8 Å². The summed E-state index contributed by atoms with van der Waals surface area (Å²) >= 11 is 6.95. The number of hydrogen-bond donors (Lipinski definition) is 0. The lowest BCUT2D eigenvalue weighted by molar-refractivity contribution is 0.410. The van der Waals surface area contributed by atoms with Gasteiger partial charge in [-0.1, -0.05) is 30.4 Å². The molecule has 2 aliphatic rings. The largest absolute Gasteiger partial charge is 0.496 e. The van der Waals surface area contributed by atoms with Crippen molar-refractivity contribution in [2.75, 3.05) is 7.11 Å². The molecule has 1 aromatic rings. The van der Waals surface area contributed by atoms with Crippen LogP contribution >= 0.6 is 24.2 Å². The van der Waals surface area contributed by atoms with Crippen LogP contribution in [0.15, 0.2) is 45.7 Å². The average Bonchev–Trinajstić information content (AvgIpc) is 2.58. The first kappa shape index (κ1) is 11.7. The number of benzene rings is 1. The highest BCUT2D eigenvalue weighted by Crippen LogP contribution is 2.26. The molecule has 0 spiro atoms. The van der Waals surface area contributed by atoms with Gasteiger partial charge in [0.2, 0.25) is 0 Å². The Morgan fingerprint density at radius 2 is 2.28 bits per heavy atom. The van der Waals surface area contributed by atoms with E-state index < -0.39 is 0 Å². The minimum Gasteiger partial charge on any atom is -0.496 e. The fraction of sp³-hybridized carbons (Fsp3) is 0.143. The molecule has 1 aromatic carbocycles. The first-order chi connectivity index (χ1) is 8.81. The Hall–Kier alpha value is -1.39. The smallest absolute Gasteiger partial charge is 0.128 e. The Morgan fingerprint density at radius 3 is 3.11 bits per heavy atom. The summed E-state index contributed by atoms with van der Waals surface area (Å²) in [5, 5.41) is 3.99. The van der Waals surface area contributed by atoms with Gasteiger partial charge in [0.15, 0.2) is 0 Å². The van der Waals surface area contributed by atoms with Crippen LogP contribution in [0.25, 0.3) is 5.57 Å². The van der Waals surface area contributed by atoms with Gasteiger partial charge < -0.3 is 4.74 Å². The maximum absolute atomic E-state index is 5.51. The molecule has 0 saturated heterocycles. The summed E-state index contributed by atoms with van der Waals surface area (Å²) in [6.07, 6.45) is 5.01. The van der Waals surface area contributed by atoms with Crippen molar-refractivity contribution in [3.63, 3.8) is 0 Å². The van der Waals surface area contributed by atoms with Gasteiger partial charge in [-0.2, -0.15) is 0 Å². The number of rotatable bonds is 1. The monoisotopic (exact) mass is 273 g/mol. The third-order valence-electron chi connectivity index (χ3n) is 2.97. The quantitative estimate of drug-likeness (QED) is 0.579. The highest BCUT2D eigenvalue weighted by atomic mass is 32.2. The molecule has 0 bridgehead atoms. The van der Waals surface area contributed by atoms with Crippen molar-refractivity contribution in [1.29, 1.82) is 0 Å². The number of thiocarbonyl (C=S) groups is 1. The minimum absolute atomic E-state index is 0.810. The summed E-state index contributed by atoms with van der Waals surface area (Å²) in [6.45, 7) is 0. The molecular weight excluding hydrogens is 262 g/mol. The van der Waals surface area contributed by atoms with E-state index in [0.29, 0.717) is 0 Å². The Bertz CT molecular complexity index is 701. The summed E-state index contributed by atoms with van der Waals surface area (Å²) in [4.78, 5) is 0.951. The molecule has 0 radical (unpaired) electrons. The molecule has 0 aromatic heterocycles. The predicted octanol–water partition coefficient (Wildman–Crippen LogP) is 2.34. The zero-order chi connectivity index (χ0) is 12.5. The van der Waals surface area contributed by atoms with E-state index in [-0.39, 0.29) is 0 Å². The van der Waals surface area contributed by atoms with E-state index in [1.165, 1.54) is 11.9 Å². The lowest BCUT2D eigenvalue weighted by Crippen LogP contribution is -2.31. The number of nitrogens with zero attached hydrogens (tertiary/aromatic N) is 1. The van der Waals surface area contributed by atoms with Crippen LogP contribution in [0.3, 0.4) is 0 Å². The molecule has 1 heterocycles. The van der Waals surface area contributed by atoms with Gasteiger partial charge >= 0.3 is 0 Å². The van der Waals surface area contributed by atoms with Gasteiger partial charge in [-0.3, -0.25) is 0 Å². The van der Waals surface area contributed by atoms with Gasteiger partial charge in [-0.25, -0.2) is 4.40 Å². The summed E-state index contributed by atoms with van der Waals surface area (Å²) < 4.78 is 9.96. The summed E-state index contributed by atoms with van der Waals surface area (Å²) in [5.41, 5.74) is 2.22. The highest BCUT2D eigenvalue weighted by Gasteiger charge is 2.17. The topological polar surface area (TPSA) is 21.6 Å². The van der Waals surface area contributed by atoms with Crippen LogP contribution in [0.5, 0.6) is 5.75 Å². The highest BCUT2D eigenvalue weighted by molar-refractivity contribution is 8.00. The SMILES string of the molecule is COc1cccc2c1=C1C(=S)CC=CC1=CSN=2. The molecule has 0 amide bonds. The second-order valence-electron chi connectivity index (χ2n) is 4.03. The van der Waals surface area contributed by atoms with Gasteiger partial charge in [-0.05, 0) is 17.7 Å². The molecular formula is C14H11NOS2. The van der Waals surface area contributed by atoms with E-state index >= 15 is 0 Å². The Morgan fingerprint density at radius 1 is 1.39 bits per heavy atom. The third kappa shape index (κ3) is 1.82. The lowest BCUT2D eigenvalue weighted by Gasteiger charge is -2.14. The summed E-state index contributed by atoms with van der Waals surface area (Å²) in [5.74, 6) is 0.831. The van der Waals surface area contributed by atoms with E-state index in [4.69, 9.17) is 17.0 Å². The van der Waals surface area contributed by atoms with E-state index in [2.05, 4.69) is 16.5 Å². The van der Waals surface area contributed by atoms with Gasteiger partial charge in [0, 0.05) is 34.2 Å². The maximum atomic E-state index is 5.51. The molecule has 0 saturated carbocycles. The van der Waals surface area contributed by atoms with Crippen LogP contribution in [-0.4, -0.2) is 12.0 Å². The third-order valence-corrected chi connectivity index (χ3v) is 4.01. The zero-order valence-corrected chi connectivity index (χ0v) is 11.5. The molecule has 3 rings (SSSR count). The second kappa shape index (κ2) is 4.71. The van der Waals surface area contributed by atoms with Gasteiger partial charge in [0.05, 0.1) is 17.7 Å². The number of hydrogen-bond acceptors (Lipinski definition) is 4. The van der Waals surface area contributed by atoms with Gasteiger partial charge in [0.1, 0.15) is 5.75 Å². The van der Waals surface area contributed by atoms with E-state index in [1.807, 2.05) is 23.6 Å². The molecule has 18 heavy (non-hydrogen) atoms.